The molecule has 104 valence electrons. The zero-order chi connectivity index (χ0) is 14.0. The van der Waals surface area contributed by atoms with E-state index >= 15 is 0 Å². The lowest BCUT2D eigenvalue weighted by Gasteiger charge is -2.20. The van der Waals surface area contributed by atoms with Crippen molar-refractivity contribution in [2.45, 2.75) is 33.2 Å². The molecule has 2 unspecified atom stereocenters. The van der Waals surface area contributed by atoms with Crippen molar-refractivity contribution in [3.63, 3.8) is 0 Å². The van der Waals surface area contributed by atoms with Gasteiger partial charge in [-0.1, -0.05) is 13.0 Å². The maximum Gasteiger partial charge on any atom is 0.238 e. The number of nitrogens with zero attached hydrogens (tertiary/aromatic N) is 1. The van der Waals surface area contributed by atoms with Crippen molar-refractivity contribution in [3.8, 4) is 0 Å². The Hall–Kier alpha value is -1.55. The number of rotatable bonds is 3. The average molecular weight is 261 g/mol. The van der Waals surface area contributed by atoms with Gasteiger partial charge in [-0.05, 0) is 43.9 Å². The van der Waals surface area contributed by atoms with Crippen LogP contribution in [0.4, 0.5) is 11.4 Å². The third-order valence-electron chi connectivity index (χ3n) is 3.80. The molecule has 2 rings (SSSR count). The minimum atomic E-state index is 0.0367. The van der Waals surface area contributed by atoms with Crippen molar-refractivity contribution in [1.29, 1.82) is 0 Å². The molecule has 1 amide bonds. The van der Waals surface area contributed by atoms with Gasteiger partial charge in [0.15, 0.2) is 0 Å². The van der Waals surface area contributed by atoms with Gasteiger partial charge in [-0.3, -0.25) is 9.69 Å². The summed E-state index contributed by atoms with van der Waals surface area (Å²) < 4.78 is 0. The molecule has 1 aromatic carbocycles. The quantitative estimate of drug-likeness (QED) is 0.820. The first kappa shape index (κ1) is 13.9. The zero-order valence-electron chi connectivity index (χ0n) is 11.9. The summed E-state index contributed by atoms with van der Waals surface area (Å²) in [6, 6.07) is 6.06. The summed E-state index contributed by atoms with van der Waals surface area (Å²) >= 11 is 0. The van der Waals surface area contributed by atoms with Crippen LogP contribution in [0.1, 0.15) is 25.8 Å². The van der Waals surface area contributed by atoms with Gasteiger partial charge >= 0.3 is 0 Å². The van der Waals surface area contributed by atoms with E-state index in [0.717, 1.165) is 17.8 Å². The van der Waals surface area contributed by atoms with E-state index in [1.165, 1.54) is 6.42 Å². The monoisotopic (exact) mass is 261 g/mol. The molecule has 1 aliphatic rings. The predicted octanol–water partition coefficient (Wildman–Crippen LogP) is 2.25. The van der Waals surface area contributed by atoms with Gasteiger partial charge < -0.3 is 11.1 Å². The molecule has 19 heavy (non-hydrogen) atoms. The van der Waals surface area contributed by atoms with E-state index in [0.29, 0.717) is 24.2 Å². The Balaban J connectivity index is 1.96. The number of carbonyl (C=O) groups excluding carboxylic acids is 1. The van der Waals surface area contributed by atoms with Crippen LogP contribution in [0.5, 0.6) is 0 Å². The lowest BCUT2D eigenvalue weighted by atomic mass is 10.1. The molecule has 4 nitrogen and oxygen atoms in total. The van der Waals surface area contributed by atoms with Gasteiger partial charge in [-0.15, -0.1) is 0 Å². The van der Waals surface area contributed by atoms with Gasteiger partial charge in [-0.2, -0.15) is 0 Å². The highest BCUT2D eigenvalue weighted by molar-refractivity contribution is 5.93. The number of carbonyl (C=O) groups is 1. The van der Waals surface area contributed by atoms with Crippen molar-refractivity contribution in [1.82, 2.24) is 4.90 Å². The molecule has 3 N–H and O–H groups in total. The van der Waals surface area contributed by atoms with E-state index in [4.69, 9.17) is 5.73 Å². The normalized spacial score (nSPS) is 23.5. The lowest BCUT2D eigenvalue weighted by Crippen LogP contribution is -2.35. The minimum absolute atomic E-state index is 0.0367. The fourth-order valence-electron chi connectivity index (χ4n) is 2.76. The highest BCUT2D eigenvalue weighted by Gasteiger charge is 2.27. The Labute approximate surface area is 115 Å². The first-order chi connectivity index (χ1) is 8.95. The Morgan fingerprint density at radius 2 is 2.21 bits per heavy atom. The molecular weight excluding hydrogens is 238 g/mol. The predicted molar refractivity (Wildman–Crippen MR) is 79.0 cm³/mol. The van der Waals surface area contributed by atoms with E-state index in [2.05, 4.69) is 24.1 Å². The maximum atomic E-state index is 12.1. The molecule has 1 fully saturated rings. The number of nitrogens with one attached hydrogen (secondary N) is 1. The molecule has 0 spiro atoms. The number of benzene rings is 1. The van der Waals surface area contributed by atoms with Crippen molar-refractivity contribution >= 4 is 17.3 Å². The SMILES string of the molecule is Cc1ccc(N)cc1NC(=O)CN1CC(C)CC1C. The fourth-order valence-corrected chi connectivity index (χ4v) is 2.76. The highest BCUT2D eigenvalue weighted by atomic mass is 16.2. The highest BCUT2D eigenvalue weighted by Crippen LogP contribution is 2.22. The van der Waals surface area contributed by atoms with E-state index < -0.39 is 0 Å². The number of anilines is 2. The number of aryl methyl sites for hydroxylation is 1. The second-order valence-electron chi connectivity index (χ2n) is 5.74. The van der Waals surface area contributed by atoms with Crippen molar-refractivity contribution in [2.24, 2.45) is 5.92 Å². The van der Waals surface area contributed by atoms with E-state index in [-0.39, 0.29) is 5.91 Å². The molecule has 0 aromatic heterocycles. The summed E-state index contributed by atoms with van der Waals surface area (Å²) in [5, 5.41) is 2.95. The molecule has 0 radical (unpaired) electrons. The van der Waals surface area contributed by atoms with Crippen LogP contribution in [-0.4, -0.2) is 29.9 Å². The molecule has 0 aliphatic carbocycles. The molecule has 2 atom stereocenters. The summed E-state index contributed by atoms with van der Waals surface area (Å²) in [5.74, 6) is 0.714. The molecule has 0 saturated carbocycles. The van der Waals surface area contributed by atoms with Crippen LogP contribution >= 0.6 is 0 Å². The average Bonchev–Trinajstić information content (AvgIpc) is 2.62. The summed E-state index contributed by atoms with van der Waals surface area (Å²) in [6.07, 6.45) is 1.17. The molecule has 1 heterocycles. The minimum Gasteiger partial charge on any atom is -0.399 e. The standard InChI is InChI=1S/C15H23N3O/c1-10-6-12(3)18(8-10)9-15(19)17-14-7-13(16)5-4-11(14)2/h4-5,7,10,12H,6,8-9,16H2,1-3H3,(H,17,19). The summed E-state index contributed by atoms with van der Waals surface area (Å²) in [6.45, 7) is 7.85. The number of likely N-dealkylation sites (tertiary alicyclic amines) is 1. The Bertz CT molecular complexity index is 472. The van der Waals surface area contributed by atoms with Crippen LogP contribution in [0.2, 0.25) is 0 Å². The topological polar surface area (TPSA) is 58.4 Å². The van der Waals surface area contributed by atoms with Crippen molar-refractivity contribution in [2.75, 3.05) is 24.1 Å². The molecule has 1 saturated heterocycles. The first-order valence-electron chi connectivity index (χ1n) is 6.85. The number of hydrogen-bond donors (Lipinski definition) is 2. The molecular formula is C15H23N3O. The smallest absolute Gasteiger partial charge is 0.238 e. The fraction of sp³-hybridized carbons (Fsp3) is 0.533. The van der Waals surface area contributed by atoms with Gasteiger partial charge in [0.25, 0.3) is 0 Å². The van der Waals surface area contributed by atoms with Crippen molar-refractivity contribution in [3.05, 3.63) is 23.8 Å². The summed E-state index contributed by atoms with van der Waals surface area (Å²) in [4.78, 5) is 14.3. The second-order valence-corrected chi connectivity index (χ2v) is 5.74. The summed E-state index contributed by atoms with van der Waals surface area (Å²) in [7, 11) is 0. The van der Waals surface area contributed by atoms with Crippen LogP contribution in [0.3, 0.4) is 0 Å². The number of amides is 1. The molecule has 1 aromatic rings. The number of nitrogen functional groups attached to an aromatic ring is 1. The number of hydrogen-bond acceptors (Lipinski definition) is 3. The Morgan fingerprint density at radius 1 is 1.47 bits per heavy atom. The van der Waals surface area contributed by atoms with Gasteiger partial charge in [0, 0.05) is 24.0 Å². The van der Waals surface area contributed by atoms with Crippen LogP contribution in [0, 0.1) is 12.8 Å². The Kier molecular flexibility index (Phi) is 4.10. The first-order valence-corrected chi connectivity index (χ1v) is 6.85. The van der Waals surface area contributed by atoms with E-state index in [9.17, 15) is 4.79 Å². The third-order valence-corrected chi connectivity index (χ3v) is 3.80. The zero-order valence-corrected chi connectivity index (χ0v) is 11.9. The van der Waals surface area contributed by atoms with Gasteiger partial charge in [0.05, 0.1) is 6.54 Å². The van der Waals surface area contributed by atoms with Crippen LogP contribution in [0.15, 0.2) is 18.2 Å². The van der Waals surface area contributed by atoms with Gasteiger partial charge in [0.1, 0.15) is 0 Å². The number of nitrogens with two attached hydrogens (primary N) is 1. The molecule has 4 heteroatoms. The second kappa shape index (κ2) is 5.61. The van der Waals surface area contributed by atoms with E-state index in [1.807, 2.05) is 25.1 Å². The third kappa shape index (κ3) is 3.47. The van der Waals surface area contributed by atoms with Crippen LogP contribution in [-0.2, 0) is 4.79 Å². The largest absolute Gasteiger partial charge is 0.399 e. The molecule has 1 aliphatic heterocycles. The summed E-state index contributed by atoms with van der Waals surface area (Å²) in [5.41, 5.74) is 8.26. The van der Waals surface area contributed by atoms with Crippen LogP contribution < -0.4 is 11.1 Å². The van der Waals surface area contributed by atoms with Gasteiger partial charge in [-0.25, -0.2) is 0 Å². The van der Waals surface area contributed by atoms with Gasteiger partial charge in [0.2, 0.25) is 5.91 Å². The van der Waals surface area contributed by atoms with E-state index in [1.54, 1.807) is 0 Å². The maximum absolute atomic E-state index is 12.1. The Morgan fingerprint density at radius 3 is 2.84 bits per heavy atom. The van der Waals surface area contributed by atoms with Crippen molar-refractivity contribution < 1.29 is 4.79 Å². The lowest BCUT2D eigenvalue weighted by molar-refractivity contribution is -0.117. The molecule has 0 bridgehead atoms. The van der Waals surface area contributed by atoms with Crippen LogP contribution in [0.25, 0.3) is 0 Å².